The van der Waals surface area contributed by atoms with Crippen molar-refractivity contribution in [1.82, 2.24) is 5.32 Å². The molecule has 0 aliphatic heterocycles. The van der Waals surface area contributed by atoms with Crippen molar-refractivity contribution in [1.29, 1.82) is 0 Å². The number of carbonyl (C=O) groups is 1. The predicted molar refractivity (Wildman–Crippen MR) is 87.9 cm³/mol. The van der Waals surface area contributed by atoms with E-state index in [1.54, 1.807) is 25.3 Å². The van der Waals surface area contributed by atoms with Gasteiger partial charge in [-0.15, -0.1) is 0 Å². The zero-order chi connectivity index (χ0) is 16.8. The molecule has 1 amide bonds. The Balaban J connectivity index is 1.97. The standard InChI is InChI=1S/C18H21NO4/c1-12-8-9-16(22-3)14(10-12)13(2)19-18(21)11-23-17-7-5-4-6-15(17)20/h4-10,13,20H,11H2,1-3H3,(H,19,21). The number of benzene rings is 2. The molecule has 0 saturated carbocycles. The maximum Gasteiger partial charge on any atom is 0.258 e. The third-order valence-electron chi connectivity index (χ3n) is 3.45. The largest absolute Gasteiger partial charge is 0.504 e. The van der Waals surface area contributed by atoms with Crippen LogP contribution in [0.15, 0.2) is 42.5 Å². The monoisotopic (exact) mass is 315 g/mol. The number of amides is 1. The molecule has 2 N–H and O–H groups in total. The second kappa shape index (κ2) is 7.54. The lowest BCUT2D eigenvalue weighted by atomic mass is 10.0. The summed E-state index contributed by atoms with van der Waals surface area (Å²) in [5.74, 6) is 0.742. The summed E-state index contributed by atoms with van der Waals surface area (Å²) in [6.07, 6.45) is 0. The number of rotatable bonds is 6. The highest BCUT2D eigenvalue weighted by atomic mass is 16.5. The summed E-state index contributed by atoms with van der Waals surface area (Å²) in [5.41, 5.74) is 2.00. The molecule has 5 nitrogen and oxygen atoms in total. The molecule has 1 unspecified atom stereocenters. The summed E-state index contributed by atoms with van der Waals surface area (Å²) in [5, 5.41) is 12.5. The van der Waals surface area contributed by atoms with Crippen LogP contribution in [0, 0.1) is 6.92 Å². The lowest BCUT2D eigenvalue weighted by molar-refractivity contribution is -0.123. The maximum absolute atomic E-state index is 12.0. The predicted octanol–water partition coefficient (Wildman–Crippen LogP) is 2.97. The average Bonchev–Trinajstić information content (AvgIpc) is 2.54. The molecule has 2 aromatic rings. The van der Waals surface area contributed by atoms with Crippen LogP contribution in [-0.4, -0.2) is 24.7 Å². The van der Waals surface area contributed by atoms with E-state index in [2.05, 4.69) is 5.32 Å². The van der Waals surface area contributed by atoms with E-state index < -0.39 is 0 Å². The molecular formula is C18H21NO4. The molecule has 0 aromatic heterocycles. The Morgan fingerprint density at radius 3 is 2.65 bits per heavy atom. The van der Waals surface area contributed by atoms with Gasteiger partial charge in [0.2, 0.25) is 0 Å². The normalized spacial score (nSPS) is 11.6. The molecule has 122 valence electrons. The molecule has 5 heteroatoms. The minimum absolute atomic E-state index is 0.00806. The third-order valence-corrected chi connectivity index (χ3v) is 3.45. The van der Waals surface area contributed by atoms with Crippen molar-refractivity contribution in [2.24, 2.45) is 0 Å². The van der Waals surface area contributed by atoms with Gasteiger partial charge < -0.3 is 19.9 Å². The van der Waals surface area contributed by atoms with Crippen LogP contribution >= 0.6 is 0 Å². The highest BCUT2D eigenvalue weighted by molar-refractivity contribution is 5.78. The Hall–Kier alpha value is -2.69. The van der Waals surface area contributed by atoms with Gasteiger partial charge in [0.15, 0.2) is 18.1 Å². The Labute approximate surface area is 135 Å². The average molecular weight is 315 g/mol. The van der Waals surface area contributed by atoms with Gasteiger partial charge in [-0.3, -0.25) is 4.79 Å². The Morgan fingerprint density at radius 1 is 1.22 bits per heavy atom. The van der Waals surface area contributed by atoms with Crippen molar-refractivity contribution in [3.8, 4) is 17.2 Å². The van der Waals surface area contributed by atoms with Crippen LogP contribution in [0.3, 0.4) is 0 Å². The number of hydrogen-bond donors (Lipinski definition) is 2. The molecule has 0 bridgehead atoms. The summed E-state index contributed by atoms with van der Waals surface area (Å²) in [6.45, 7) is 3.70. The van der Waals surface area contributed by atoms with Crippen LogP contribution in [0.25, 0.3) is 0 Å². The van der Waals surface area contributed by atoms with E-state index in [0.717, 1.165) is 16.9 Å². The van der Waals surface area contributed by atoms with E-state index in [9.17, 15) is 9.90 Å². The lowest BCUT2D eigenvalue weighted by Gasteiger charge is -2.18. The van der Waals surface area contributed by atoms with Crippen LogP contribution in [0.1, 0.15) is 24.1 Å². The molecule has 2 aromatic carbocycles. The number of nitrogens with one attached hydrogen (secondary N) is 1. The zero-order valence-corrected chi connectivity index (χ0v) is 13.5. The molecule has 0 spiro atoms. The molecular weight excluding hydrogens is 294 g/mol. The fraction of sp³-hybridized carbons (Fsp3) is 0.278. The first-order valence-corrected chi connectivity index (χ1v) is 7.36. The van der Waals surface area contributed by atoms with Gasteiger partial charge in [-0.2, -0.15) is 0 Å². The molecule has 2 rings (SSSR count). The Bertz CT molecular complexity index is 684. The van der Waals surface area contributed by atoms with Crippen LogP contribution < -0.4 is 14.8 Å². The minimum Gasteiger partial charge on any atom is -0.504 e. The summed E-state index contributed by atoms with van der Waals surface area (Å²) in [4.78, 5) is 12.0. The van der Waals surface area contributed by atoms with Crippen molar-refractivity contribution >= 4 is 5.91 Å². The number of methoxy groups -OCH3 is 1. The zero-order valence-electron chi connectivity index (χ0n) is 13.5. The van der Waals surface area contributed by atoms with Gasteiger partial charge in [0.25, 0.3) is 5.91 Å². The van der Waals surface area contributed by atoms with Gasteiger partial charge in [0.1, 0.15) is 5.75 Å². The van der Waals surface area contributed by atoms with Crippen molar-refractivity contribution in [2.45, 2.75) is 19.9 Å². The molecule has 0 heterocycles. The Kier molecular flexibility index (Phi) is 5.46. The van der Waals surface area contributed by atoms with Gasteiger partial charge >= 0.3 is 0 Å². The summed E-state index contributed by atoms with van der Waals surface area (Å²) >= 11 is 0. The van der Waals surface area contributed by atoms with Gasteiger partial charge in [-0.05, 0) is 32.0 Å². The molecule has 1 atom stereocenters. The van der Waals surface area contributed by atoms with Crippen LogP contribution in [0.2, 0.25) is 0 Å². The molecule has 0 saturated heterocycles. The first-order valence-electron chi connectivity index (χ1n) is 7.36. The third kappa shape index (κ3) is 4.39. The first kappa shape index (κ1) is 16.7. The SMILES string of the molecule is COc1ccc(C)cc1C(C)NC(=O)COc1ccccc1O. The van der Waals surface area contributed by atoms with Crippen LogP contribution in [-0.2, 0) is 4.79 Å². The van der Waals surface area contributed by atoms with Crippen molar-refractivity contribution in [3.05, 3.63) is 53.6 Å². The quantitative estimate of drug-likeness (QED) is 0.860. The highest BCUT2D eigenvalue weighted by Crippen LogP contribution is 2.26. The molecule has 0 aliphatic rings. The molecule has 23 heavy (non-hydrogen) atoms. The van der Waals surface area contributed by atoms with Crippen molar-refractivity contribution < 1.29 is 19.4 Å². The molecule has 0 aliphatic carbocycles. The van der Waals surface area contributed by atoms with E-state index in [-0.39, 0.29) is 30.1 Å². The number of phenols is 1. The number of para-hydroxylation sites is 2. The van der Waals surface area contributed by atoms with Crippen molar-refractivity contribution in [3.63, 3.8) is 0 Å². The van der Waals surface area contributed by atoms with Gasteiger partial charge in [-0.1, -0.05) is 29.8 Å². The smallest absolute Gasteiger partial charge is 0.258 e. The summed E-state index contributed by atoms with van der Waals surface area (Å²) in [7, 11) is 1.60. The summed E-state index contributed by atoms with van der Waals surface area (Å²) in [6, 6.07) is 12.1. The molecule has 0 fully saturated rings. The highest BCUT2D eigenvalue weighted by Gasteiger charge is 2.15. The number of aromatic hydroxyl groups is 1. The number of hydrogen-bond acceptors (Lipinski definition) is 4. The van der Waals surface area contributed by atoms with Crippen LogP contribution in [0.5, 0.6) is 17.2 Å². The van der Waals surface area contributed by atoms with Gasteiger partial charge in [0.05, 0.1) is 13.2 Å². The maximum atomic E-state index is 12.0. The van der Waals surface area contributed by atoms with E-state index >= 15 is 0 Å². The number of carbonyl (C=O) groups excluding carboxylic acids is 1. The Morgan fingerprint density at radius 2 is 1.96 bits per heavy atom. The first-order chi connectivity index (χ1) is 11.0. The number of ether oxygens (including phenoxy) is 2. The van der Waals surface area contributed by atoms with Gasteiger partial charge in [-0.25, -0.2) is 0 Å². The van der Waals surface area contributed by atoms with E-state index in [1.165, 1.54) is 6.07 Å². The van der Waals surface area contributed by atoms with Crippen LogP contribution in [0.4, 0.5) is 0 Å². The number of phenolic OH excluding ortho intramolecular Hbond substituents is 1. The fourth-order valence-corrected chi connectivity index (χ4v) is 2.28. The lowest BCUT2D eigenvalue weighted by Crippen LogP contribution is -2.31. The van der Waals surface area contributed by atoms with Crippen molar-refractivity contribution in [2.75, 3.05) is 13.7 Å². The summed E-state index contributed by atoms with van der Waals surface area (Å²) < 4.78 is 10.7. The van der Waals surface area contributed by atoms with E-state index in [1.807, 2.05) is 32.0 Å². The second-order valence-electron chi connectivity index (χ2n) is 5.29. The minimum atomic E-state index is -0.274. The number of aryl methyl sites for hydroxylation is 1. The van der Waals surface area contributed by atoms with Gasteiger partial charge in [0, 0.05) is 5.56 Å². The van der Waals surface area contributed by atoms with E-state index in [0.29, 0.717) is 0 Å². The van der Waals surface area contributed by atoms with E-state index in [4.69, 9.17) is 9.47 Å². The fourth-order valence-electron chi connectivity index (χ4n) is 2.28. The topological polar surface area (TPSA) is 67.8 Å². The second-order valence-corrected chi connectivity index (χ2v) is 5.29. The molecule has 0 radical (unpaired) electrons.